The van der Waals surface area contributed by atoms with Gasteiger partial charge in [-0.15, -0.1) is 0 Å². The van der Waals surface area contributed by atoms with Gasteiger partial charge in [0.1, 0.15) is 0 Å². The Bertz CT molecular complexity index is 505. The zero-order valence-electron chi connectivity index (χ0n) is 10.7. The van der Waals surface area contributed by atoms with Crippen LogP contribution in [0.4, 0.5) is 5.88 Å². The lowest BCUT2D eigenvalue weighted by atomic mass is 10.1. The first-order valence-corrected chi connectivity index (χ1v) is 5.89. The summed E-state index contributed by atoms with van der Waals surface area (Å²) < 4.78 is 5.12. The third kappa shape index (κ3) is 2.80. The van der Waals surface area contributed by atoms with Gasteiger partial charge in [0.15, 0.2) is 6.29 Å². The van der Waals surface area contributed by atoms with Gasteiger partial charge in [-0.1, -0.05) is 20.4 Å². The van der Waals surface area contributed by atoms with Crippen LogP contribution in [-0.2, 0) is 6.42 Å². The number of carbonyl (C=O) groups excluding carboxylic acids is 1. The molecule has 1 heterocycles. The van der Waals surface area contributed by atoms with Crippen molar-refractivity contribution in [3.63, 3.8) is 0 Å². The molecule has 0 amide bonds. The fraction of sp³-hybridized carbons (Fsp3) is 0.385. The van der Waals surface area contributed by atoms with Crippen LogP contribution in [0.2, 0.25) is 0 Å². The highest BCUT2D eigenvalue weighted by Crippen LogP contribution is 2.23. The van der Waals surface area contributed by atoms with Gasteiger partial charge in [-0.25, -0.2) is 4.79 Å². The Kier molecular flexibility index (Phi) is 4.71. The van der Waals surface area contributed by atoms with E-state index in [9.17, 15) is 9.59 Å². The van der Waals surface area contributed by atoms with Gasteiger partial charge >= 0.3 is 5.63 Å². The molecule has 1 aromatic rings. The first-order chi connectivity index (χ1) is 8.54. The normalized spacial score (nSPS) is 10.1. The third-order valence-corrected chi connectivity index (χ3v) is 2.60. The molecule has 2 N–H and O–H groups in total. The number of hydrogen-bond donors (Lipinski definition) is 1. The lowest BCUT2D eigenvalue weighted by Gasteiger charge is -2.23. The zero-order valence-corrected chi connectivity index (χ0v) is 10.7. The predicted molar refractivity (Wildman–Crippen MR) is 70.7 cm³/mol. The van der Waals surface area contributed by atoms with E-state index in [1.54, 1.807) is 4.90 Å². The van der Waals surface area contributed by atoms with E-state index in [1.165, 1.54) is 6.07 Å². The summed E-state index contributed by atoms with van der Waals surface area (Å²) in [6, 6.07) is 1.33. The van der Waals surface area contributed by atoms with Crippen molar-refractivity contribution in [2.75, 3.05) is 11.4 Å². The van der Waals surface area contributed by atoms with Gasteiger partial charge in [0, 0.05) is 12.6 Å². The van der Waals surface area contributed by atoms with Gasteiger partial charge in [0.05, 0.1) is 11.4 Å². The second kappa shape index (κ2) is 6.05. The molecule has 0 radical (unpaired) electrons. The van der Waals surface area contributed by atoms with Crippen molar-refractivity contribution in [1.29, 1.82) is 0 Å². The number of nitrogens with two attached hydrogens (primary N) is 1. The Morgan fingerprint density at radius 3 is 2.67 bits per heavy atom. The van der Waals surface area contributed by atoms with Crippen LogP contribution in [0.25, 0.3) is 0 Å². The molecule has 0 aliphatic carbocycles. The van der Waals surface area contributed by atoms with Crippen molar-refractivity contribution >= 4 is 12.2 Å². The number of hydrogen-bond acceptors (Lipinski definition) is 5. The largest absolute Gasteiger partial charge is 0.405 e. The summed E-state index contributed by atoms with van der Waals surface area (Å²) in [7, 11) is 0. The number of rotatable bonds is 6. The fourth-order valence-corrected chi connectivity index (χ4v) is 1.76. The van der Waals surface area contributed by atoms with Gasteiger partial charge in [-0.2, -0.15) is 0 Å². The Morgan fingerprint density at radius 2 is 2.22 bits per heavy atom. The van der Waals surface area contributed by atoms with Crippen molar-refractivity contribution in [3.8, 4) is 0 Å². The van der Waals surface area contributed by atoms with Gasteiger partial charge < -0.3 is 10.2 Å². The molecule has 0 aliphatic rings. The van der Waals surface area contributed by atoms with Crippen LogP contribution in [-0.4, -0.2) is 12.8 Å². The fourth-order valence-electron chi connectivity index (χ4n) is 1.76. The summed E-state index contributed by atoms with van der Waals surface area (Å²) >= 11 is 0. The van der Waals surface area contributed by atoms with Gasteiger partial charge in [0.25, 0.3) is 0 Å². The Hall–Kier alpha value is -2.04. The van der Waals surface area contributed by atoms with Crippen molar-refractivity contribution in [2.24, 2.45) is 5.73 Å². The summed E-state index contributed by atoms with van der Waals surface area (Å²) in [5.41, 5.74) is 6.19. The molecule has 0 saturated heterocycles. The third-order valence-electron chi connectivity index (χ3n) is 2.60. The van der Waals surface area contributed by atoms with Gasteiger partial charge in [-0.3, -0.25) is 9.69 Å². The maximum Gasteiger partial charge on any atom is 0.337 e. The van der Waals surface area contributed by atoms with Crippen LogP contribution in [0.1, 0.15) is 36.2 Å². The maximum absolute atomic E-state index is 11.5. The minimum absolute atomic E-state index is 0.184. The molecular formula is C13H18N2O3. The van der Waals surface area contributed by atoms with Crippen LogP contribution in [0, 0.1) is 0 Å². The van der Waals surface area contributed by atoms with Crippen LogP contribution in [0.15, 0.2) is 27.7 Å². The van der Waals surface area contributed by atoms with E-state index < -0.39 is 5.63 Å². The molecule has 18 heavy (non-hydrogen) atoms. The number of carbonyl (C=O) groups is 1. The van der Waals surface area contributed by atoms with Gasteiger partial charge in [-0.05, 0) is 18.4 Å². The molecule has 1 rings (SSSR count). The Labute approximate surface area is 106 Å². The van der Waals surface area contributed by atoms with E-state index in [0.29, 0.717) is 30.4 Å². The zero-order chi connectivity index (χ0) is 13.7. The first-order valence-electron chi connectivity index (χ1n) is 5.89. The second-order valence-corrected chi connectivity index (χ2v) is 3.92. The molecule has 0 fully saturated rings. The summed E-state index contributed by atoms with van der Waals surface area (Å²) in [4.78, 5) is 24.2. The second-order valence-electron chi connectivity index (χ2n) is 3.92. The topological polar surface area (TPSA) is 76.5 Å². The van der Waals surface area contributed by atoms with Crippen LogP contribution in [0.5, 0.6) is 0 Å². The van der Waals surface area contributed by atoms with E-state index in [-0.39, 0.29) is 11.7 Å². The molecule has 0 saturated carbocycles. The molecule has 0 aliphatic heterocycles. The standard InChI is InChI=1S/C13H18N2O3/c1-4-6-15(9(3)14)13-11(8-16)10(5-2)7-12(17)18-13/h7-8H,3-6,14H2,1-2H3. The summed E-state index contributed by atoms with van der Waals surface area (Å²) in [6.07, 6.45) is 2.04. The molecule has 5 nitrogen and oxygen atoms in total. The Morgan fingerprint density at radius 1 is 1.56 bits per heavy atom. The molecule has 0 bridgehead atoms. The van der Waals surface area contributed by atoms with Crippen LogP contribution >= 0.6 is 0 Å². The lowest BCUT2D eigenvalue weighted by molar-refractivity contribution is 0.112. The molecular weight excluding hydrogens is 232 g/mol. The molecule has 0 unspecified atom stereocenters. The highest BCUT2D eigenvalue weighted by atomic mass is 16.4. The van der Waals surface area contributed by atoms with E-state index in [4.69, 9.17) is 10.2 Å². The highest BCUT2D eigenvalue weighted by molar-refractivity contribution is 5.84. The molecule has 0 aromatic carbocycles. The monoisotopic (exact) mass is 250 g/mol. The van der Waals surface area contributed by atoms with Crippen LogP contribution in [0.3, 0.4) is 0 Å². The number of anilines is 1. The number of aryl methyl sites for hydroxylation is 1. The maximum atomic E-state index is 11.5. The van der Waals surface area contributed by atoms with E-state index in [1.807, 2.05) is 13.8 Å². The quantitative estimate of drug-likeness (QED) is 0.777. The minimum atomic E-state index is -0.491. The number of nitrogens with zero attached hydrogens (tertiary/aromatic N) is 1. The van der Waals surface area contributed by atoms with E-state index in [2.05, 4.69) is 6.58 Å². The van der Waals surface area contributed by atoms with Crippen molar-refractivity contribution in [1.82, 2.24) is 0 Å². The molecule has 1 aromatic heterocycles. The SMILES string of the molecule is C=C(N)N(CCC)c1oc(=O)cc(CC)c1C=O. The summed E-state index contributed by atoms with van der Waals surface area (Å²) in [5.74, 6) is 0.431. The van der Waals surface area contributed by atoms with Crippen molar-refractivity contribution in [2.45, 2.75) is 26.7 Å². The summed E-state index contributed by atoms with van der Waals surface area (Å²) in [6.45, 7) is 8.00. The number of aldehydes is 1. The van der Waals surface area contributed by atoms with Crippen molar-refractivity contribution < 1.29 is 9.21 Å². The Balaban J connectivity index is 3.44. The average molecular weight is 250 g/mol. The van der Waals surface area contributed by atoms with Crippen LogP contribution < -0.4 is 16.3 Å². The summed E-state index contributed by atoms with van der Waals surface area (Å²) in [5, 5.41) is 0. The van der Waals surface area contributed by atoms with Crippen molar-refractivity contribution in [3.05, 3.63) is 40.0 Å². The molecule has 0 spiro atoms. The van der Waals surface area contributed by atoms with Gasteiger partial charge in [0.2, 0.25) is 5.88 Å². The predicted octanol–water partition coefficient (Wildman–Crippen LogP) is 1.66. The minimum Gasteiger partial charge on any atom is -0.405 e. The molecule has 0 atom stereocenters. The molecule has 5 heteroatoms. The van der Waals surface area contributed by atoms with E-state index >= 15 is 0 Å². The smallest absolute Gasteiger partial charge is 0.337 e. The first kappa shape index (κ1) is 14.0. The lowest BCUT2D eigenvalue weighted by Crippen LogP contribution is -2.29. The highest BCUT2D eigenvalue weighted by Gasteiger charge is 2.18. The van der Waals surface area contributed by atoms with E-state index in [0.717, 1.165) is 6.42 Å². The molecule has 98 valence electrons. The average Bonchev–Trinajstić information content (AvgIpc) is 2.34.